The van der Waals surface area contributed by atoms with Crippen LogP contribution < -0.4 is 0 Å². The number of phenols is 2. The summed E-state index contributed by atoms with van der Waals surface area (Å²) in [7, 11) is 0. The van der Waals surface area contributed by atoms with Crippen LogP contribution in [0.2, 0.25) is 0 Å². The van der Waals surface area contributed by atoms with Gasteiger partial charge in [-0.25, -0.2) is 0 Å². The van der Waals surface area contributed by atoms with Gasteiger partial charge in [-0.3, -0.25) is 9.59 Å². The summed E-state index contributed by atoms with van der Waals surface area (Å²) in [5.41, 5.74) is 1.13. The van der Waals surface area contributed by atoms with Crippen molar-refractivity contribution in [2.45, 2.75) is 6.92 Å². The maximum absolute atomic E-state index is 12.3. The topological polar surface area (TPSA) is 74.6 Å². The number of hydrogen-bond donors (Lipinski definition) is 2. The molecule has 0 saturated heterocycles. The molecule has 0 unspecified atom stereocenters. The molecule has 2 aromatic rings. The van der Waals surface area contributed by atoms with Gasteiger partial charge in [0, 0.05) is 16.7 Å². The number of fused-ring (bicyclic) bond motifs is 2. The van der Waals surface area contributed by atoms with Crippen LogP contribution in [0.3, 0.4) is 0 Å². The van der Waals surface area contributed by atoms with Gasteiger partial charge in [-0.2, -0.15) is 0 Å². The highest BCUT2D eigenvalue weighted by atomic mass is 16.3. The molecule has 1 aliphatic carbocycles. The number of rotatable bonds is 0. The van der Waals surface area contributed by atoms with Gasteiger partial charge in [0.2, 0.25) is 0 Å². The molecular weight excluding hydrogens is 244 g/mol. The molecule has 4 heteroatoms. The molecule has 0 aliphatic heterocycles. The average Bonchev–Trinajstić information content (AvgIpc) is 2.39. The van der Waals surface area contributed by atoms with Gasteiger partial charge in [-0.15, -0.1) is 0 Å². The third-order valence-electron chi connectivity index (χ3n) is 3.34. The van der Waals surface area contributed by atoms with Crippen LogP contribution in [0.1, 0.15) is 37.4 Å². The number of carbonyl (C=O) groups excluding carboxylic acids is 2. The van der Waals surface area contributed by atoms with E-state index in [9.17, 15) is 19.8 Å². The van der Waals surface area contributed by atoms with Crippen LogP contribution in [0.5, 0.6) is 11.5 Å². The van der Waals surface area contributed by atoms with Crippen LogP contribution in [-0.4, -0.2) is 21.8 Å². The number of hydrogen-bond acceptors (Lipinski definition) is 4. The molecule has 2 N–H and O–H groups in total. The lowest BCUT2D eigenvalue weighted by Crippen LogP contribution is -2.21. The Morgan fingerprint density at radius 1 is 0.842 bits per heavy atom. The minimum absolute atomic E-state index is 0.0446. The van der Waals surface area contributed by atoms with Crippen LogP contribution in [0.15, 0.2) is 30.3 Å². The predicted octanol–water partition coefficient (Wildman–Crippen LogP) is 2.18. The van der Waals surface area contributed by atoms with Crippen LogP contribution in [0.4, 0.5) is 0 Å². The fourth-order valence-corrected chi connectivity index (χ4v) is 2.31. The van der Waals surface area contributed by atoms with E-state index in [0.29, 0.717) is 5.56 Å². The summed E-state index contributed by atoms with van der Waals surface area (Å²) < 4.78 is 0. The van der Waals surface area contributed by atoms with E-state index in [1.807, 2.05) is 0 Å². The molecule has 0 heterocycles. The summed E-state index contributed by atoms with van der Waals surface area (Å²) >= 11 is 0. The molecule has 19 heavy (non-hydrogen) atoms. The van der Waals surface area contributed by atoms with Crippen molar-refractivity contribution in [3.8, 4) is 11.5 Å². The van der Waals surface area contributed by atoms with Crippen molar-refractivity contribution in [3.05, 3.63) is 58.1 Å². The predicted molar refractivity (Wildman–Crippen MR) is 67.8 cm³/mol. The van der Waals surface area contributed by atoms with E-state index in [0.717, 1.165) is 0 Å². The van der Waals surface area contributed by atoms with E-state index in [1.165, 1.54) is 24.3 Å². The summed E-state index contributed by atoms with van der Waals surface area (Å²) in [5.74, 6) is -0.990. The summed E-state index contributed by atoms with van der Waals surface area (Å²) in [6.45, 7) is 1.67. The van der Waals surface area contributed by atoms with Crippen LogP contribution in [0, 0.1) is 6.92 Å². The van der Waals surface area contributed by atoms with Gasteiger partial charge in [0.1, 0.15) is 11.5 Å². The van der Waals surface area contributed by atoms with Gasteiger partial charge in [-0.05, 0) is 36.8 Å². The van der Waals surface area contributed by atoms with Gasteiger partial charge < -0.3 is 10.2 Å². The van der Waals surface area contributed by atoms with Crippen LogP contribution in [0.25, 0.3) is 0 Å². The Bertz CT molecular complexity index is 744. The third-order valence-corrected chi connectivity index (χ3v) is 3.34. The van der Waals surface area contributed by atoms with Gasteiger partial charge in [0.25, 0.3) is 0 Å². The zero-order valence-corrected chi connectivity index (χ0v) is 10.1. The highest BCUT2D eigenvalue weighted by molar-refractivity contribution is 6.29. The van der Waals surface area contributed by atoms with Crippen molar-refractivity contribution in [3.63, 3.8) is 0 Å². The molecule has 1 aliphatic rings. The SMILES string of the molecule is Cc1ccc2c(c1O)C(=O)c1ccc(O)cc1C2=O. The molecule has 0 saturated carbocycles. The molecule has 0 atom stereocenters. The molecule has 3 rings (SSSR count). The van der Waals surface area contributed by atoms with Gasteiger partial charge in [-0.1, -0.05) is 6.07 Å². The van der Waals surface area contributed by atoms with Crippen molar-refractivity contribution >= 4 is 11.6 Å². The number of carbonyl (C=O) groups is 2. The Balaban J connectivity index is 2.36. The smallest absolute Gasteiger partial charge is 0.198 e. The molecule has 2 aromatic carbocycles. The zero-order valence-electron chi connectivity index (χ0n) is 10.1. The quantitative estimate of drug-likeness (QED) is 0.644. The Labute approximate surface area is 108 Å². The molecule has 0 spiro atoms. The Morgan fingerprint density at radius 3 is 2.26 bits per heavy atom. The van der Waals surface area contributed by atoms with Crippen molar-refractivity contribution in [1.29, 1.82) is 0 Å². The van der Waals surface area contributed by atoms with Crippen LogP contribution in [-0.2, 0) is 0 Å². The fourth-order valence-electron chi connectivity index (χ4n) is 2.31. The number of aryl methyl sites for hydroxylation is 1. The third kappa shape index (κ3) is 1.46. The first-order chi connectivity index (χ1) is 9.00. The second kappa shape index (κ2) is 3.68. The van der Waals surface area contributed by atoms with E-state index in [4.69, 9.17) is 0 Å². The molecule has 0 fully saturated rings. The van der Waals surface area contributed by atoms with Crippen molar-refractivity contribution in [2.24, 2.45) is 0 Å². The van der Waals surface area contributed by atoms with Crippen LogP contribution >= 0.6 is 0 Å². The second-order valence-corrected chi connectivity index (χ2v) is 4.54. The highest BCUT2D eigenvalue weighted by Gasteiger charge is 2.32. The van der Waals surface area contributed by atoms with E-state index in [-0.39, 0.29) is 39.5 Å². The molecule has 94 valence electrons. The summed E-state index contributed by atoms with van der Waals surface area (Å²) in [4.78, 5) is 24.6. The highest BCUT2D eigenvalue weighted by Crippen LogP contribution is 2.35. The van der Waals surface area contributed by atoms with Crippen molar-refractivity contribution in [1.82, 2.24) is 0 Å². The normalized spacial score (nSPS) is 13.1. The number of benzene rings is 2. The monoisotopic (exact) mass is 254 g/mol. The van der Waals surface area contributed by atoms with Gasteiger partial charge in [0.05, 0.1) is 5.56 Å². The Hall–Kier alpha value is -2.62. The number of ketones is 2. The van der Waals surface area contributed by atoms with E-state index >= 15 is 0 Å². The van der Waals surface area contributed by atoms with E-state index < -0.39 is 5.78 Å². The lowest BCUT2D eigenvalue weighted by atomic mass is 9.82. The van der Waals surface area contributed by atoms with Gasteiger partial charge >= 0.3 is 0 Å². The molecule has 0 radical (unpaired) electrons. The van der Waals surface area contributed by atoms with Crippen molar-refractivity contribution in [2.75, 3.05) is 0 Å². The van der Waals surface area contributed by atoms with E-state index in [2.05, 4.69) is 0 Å². The molecule has 4 nitrogen and oxygen atoms in total. The minimum atomic E-state index is -0.397. The first-order valence-electron chi connectivity index (χ1n) is 5.75. The van der Waals surface area contributed by atoms with E-state index in [1.54, 1.807) is 13.0 Å². The second-order valence-electron chi connectivity index (χ2n) is 4.54. The van der Waals surface area contributed by atoms with Crippen molar-refractivity contribution < 1.29 is 19.8 Å². The maximum Gasteiger partial charge on any atom is 0.198 e. The molecule has 0 aromatic heterocycles. The largest absolute Gasteiger partial charge is 0.508 e. The lowest BCUT2D eigenvalue weighted by molar-refractivity contribution is 0.0976. The summed E-state index contributed by atoms with van der Waals surface area (Å²) in [5, 5.41) is 19.4. The first-order valence-corrected chi connectivity index (χ1v) is 5.75. The zero-order chi connectivity index (χ0) is 13.7. The molecule has 0 amide bonds. The minimum Gasteiger partial charge on any atom is -0.508 e. The standard InChI is InChI=1S/C15H10O4/c1-7-2-4-10-12(13(7)17)15(19)9-5-3-8(16)6-11(9)14(10)18/h2-6,16-17H,1H3. The first kappa shape index (κ1) is 11.5. The fraction of sp³-hybridized carbons (Fsp3) is 0.0667. The molecular formula is C15H10O4. The number of phenolic OH excluding ortho intramolecular Hbond substituents is 2. The maximum atomic E-state index is 12.3. The Morgan fingerprint density at radius 2 is 1.53 bits per heavy atom. The number of aromatic hydroxyl groups is 2. The van der Waals surface area contributed by atoms with Gasteiger partial charge in [0.15, 0.2) is 11.6 Å². The summed E-state index contributed by atoms with van der Waals surface area (Å²) in [6, 6.07) is 7.14. The lowest BCUT2D eigenvalue weighted by Gasteiger charge is -2.19. The summed E-state index contributed by atoms with van der Waals surface area (Å²) in [6.07, 6.45) is 0. The Kier molecular flexibility index (Phi) is 2.22. The average molecular weight is 254 g/mol. The molecule has 0 bridgehead atoms.